The number of terminal acetylenes is 1. The van der Waals surface area contributed by atoms with Gasteiger partial charge in [-0.3, -0.25) is 4.98 Å². The van der Waals surface area contributed by atoms with Crippen LogP contribution in [0.2, 0.25) is 0 Å². The van der Waals surface area contributed by atoms with Crippen LogP contribution in [-0.4, -0.2) is 16.5 Å². The van der Waals surface area contributed by atoms with E-state index in [1.165, 1.54) is 0 Å². The summed E-state index contributed by atoms with van der Waals surface area (Å²) in [6, 6.07) is 0. The fraction of sp³-hybridized carbons (Fsp3) is 0.455. The van der Waals surface area contributed by atoms with Crippen LogP contribution in [0.15, 0.2) is 6.20 Å². The van der Waals surface area contributed by atoms with Gasteiger partial charge in [-0.25, -0.2) is 4.98 Å². The Bertz CT molecular complexity index is 339. The fourth-order valence-corrected chi connectivity index (χ4v) is 1.03. The lowest BCUT2D eigenvalue weighted by Gasteiger charge is -2.05. The van der Waals surface area contributed by atoms with Gasteiger partial charge in [0.2, 0.25) is 0 Å². The molecule has 1 N–H and O–H groups in total. The van der Waals surface area contributed by atoms with E-state index in [4.69, 9.17) is 6.42 Å². The zero-order valence-corrected chi connectivity index (χ0v) is 8.67. The van der Waals surface area contributed by atoms with Crippen molar-refractivity contribution in [3.63, 3.8) is 0 Å². The normalized spacial score (nSPS) is 9.50. The molecule has 0 aromatic carbocycles. The number of hydrogen-bond acceptors (Lipinski definition) is 3. The summed E-state index contributed by atoms with van der Waals surface area (Å²) in [7, 11) is 0. The molecule has 74 valence electrons. The maximum Gasteiger partial charge on any atom is 0.144 e. The Labute approximate surface area is 85.0 Å². The molecule has 0 aliphatic heterocycles. The van der Waals surface area contributed by atoms with Gasteiger partial charge in [0, 0.05) is 13.0 Å². The molecule has 0 spiro atoms. The van der Waals surface area contributed by atoms with Crippen LogP contribution in [-0.2, 0) is 0 Å². The van der Waals surface area contributed by atoms with E-state index in [1.54, 1.807) is 6.20 Å². The molecule has 3 nitrogen and oxygen atoms in total. The minimum Gasteiger partial charge on any atom is -0.369 e. The Morgan fingerprint density at radius 1 is 1.43 bits per heavy atom. The van der Waals surface area contributed by atoms with Crippen molar-refractivity contribution < 1.29 is 0 Å². The van der Waals surface area contributed by atoms with E-state index in [2.05, 4.69) is 21.2 Å². The van der Waals surface area contributed by atoms with Gasteiger partial charge >= 0.3 is 0 Å². The molecule has 0 saturated carbocycles. The number of aromatic nitrogens is 2. The average molecular weight is 189 g/mol. The van der Waals surface area contributed by atoms with E-state index in [-0.39, 0.29) is 0 Å². The smallest absolute Gasteiger partial charge is 0.144 e. The van der Waals surface area contributed by atoms with Gasteiger partial charge in [0.25, 0.3) is 0 Å². The molecule has 0 aliphatic rings. The van der Waals surface area contributed by atoms with Crippen molar-refractivity contribution in [3.8, 4) is 12.3 Å². The molecule has 14 heavy (non-hydrogen) atoms. The van der Waals surface area contributed by atoms with Gasteiger partial charge in [-0.1, -0.05) is 0 Å². The highest BCUT2D eigenvalue weighted by molar-refractivity contribution is 5.33. The van der Waals surface area contributed by atoms with E-state index in [1.807, 2.05) is 13.8 Å². The number of hydrogen-bond donors (Lipinski definition) is 1. The lowest BCUT2D eigenvalue weighted by atomic mass is 10.3. The SMILES string of the molecule is C#CCCCNc1cnc(C)c(C)n1. The van der Waals surface area contributed by atoms with Crippen molar-refractivity contribution >= 4 is 5.82 Å². The predicted molar refractivity (Wildman–Crippen MR) is 58.1 cm³/mol. The summed E-state index contributed by atoms with van der Waals surface area (Å²) in [5, 5.41) is 3.18. The fourth-order valence-electron chi connectivity index (χ4n) is 1.03. The number of rotatable bonds is 4. The Hall–Kier alpha value is -1.56. The topological polar surface area (TPSA) is 37.8 Å². The summed E-state index contributed by atoms with van der Waals surface area (Å²) in [5.41, 5.74) is 1.94. The summed E-state index contributed by atoms with van der Waals surface area (Å²) in [6.07, 6.45) is 8.65. The standard InChI is InChI=1S/C11H15N3/c1-4-5-6-7-12-11-8-13-9(2)10(3)14-11/h1,8H,5-7H2,2-3H3,(H,12,14). The minimum absolute atomic E-state index is 0.797. The highest BCUT2D eigenvalue weighted by Gasteiger charge is 1.97. The molecule has 0 aliphatic carbocycles. The van der Waals surface area contributed by atoms with Gasteiger partial charge in [0.1, 0.15) is 5.82 Å². The van der Waals surface area contributed by atoms with Crippen molar-refractivity contribution in [1.82, 2.24) is 9.97 Å². The molecular weight excluding hydrogens is 174 g/mol. The Morgan fingerprint density at radius 2 is 2.21 bits per heavy atom. The third kappa shape index (κ3) is 3.06. The van der Waals surface area contributed by atoms with E-state index >= 15 is 0 Å². The highest BCUT2D eigenvalue weighted by Crippen LogP contribution is 2.05. The van der Waals surface area contributed by atoms with Gasteiger partial charge in [-0.05, 0) is 20.3 Å². The van der Waals surface area contributed by atoms with Crippen molar-refractivity contribution in [1.29, 1.82) is 0 Å². The zero-order chi connectivity index (χ0) is 10.4. The Balaban J connectivity index is 2.44. The van der Waals surface area contributed by atoms with Crippen LogP contribution < -0.4 is 5.32 Å². The summed E-state index contributed by atoms with van der Waals surface area (Å²) in [5.74, 6) is 3.42. The molecule has 1 heterocycles. The van der Waals surface area contributed by atoms with Gasteiger partial charge in [0.15, 0.2) is 0 Å². The first-order chi connectivity index (χ1) is 6.74. The molecule has 0 saturated heterocycles. The number of nitrogens with zero attached hydrogens (tertiary/aromatic N) is 2. The van der Waals surface area contributed by atoms with E-state index in [0.29, 0.717) is 0 Å². The van der Waals surface area contributed by atoms with E-state index in [0.717, 1.165) is 36.6 Å². The molecule has 0 radical (unpaired) electrons. The van der Waals surface area contributed by atoms with Crippen LogP contribution in [0.1, 0.15) is 24.2 Å². The second kappa shape index (κ2) is 5.23. The van der Waals surface area contributed by atoms with Gasteiger partial charge in [-0.2, -0.15) is 0 Å². The minimum atomic E-state index is 0.797. The van der Waals surface area contributed by atoms with E-state index < -0.39 is 0 Å². The molecule has 0 amide bonds. The number of aryl methyl sites for hydroxylation is 2. The van der Waals surface area contributed by atoms with Crippen molar-refractivity contribution in [3.05, 3.63) is 17.6 Å². The monoisotopic (exact) mass is 189 g/mol. The van der Waals surface area contributed by atoms with Gasteiger partial charge < -0.3 is 5.32 Å². The first kappa shape index (κ1) is 10.5. The number of nitrogens with one attached hydrogen (secondary N) is 1. The van der Waals surface area contributed by atoms with Crippen LogP contribution in [0.4, 0.5) is 5.82 Å². The van der Waals surface area contributed by atoms with Crippen LogP contribution in [0.5, 0.6) is 0 Å². The molecule has 1 rings (SSSR count). The van der Waals surface area contributed by atoms with Gasteiger partial charge in [-0.15, -0.1) is 12.3 Å². The van der Waals surface area contributed by atoms with Crippen LogP contribution in [0.25, 0.3) is 0 Å². The highest BCUT2D eigenvalue weighted by atomic mass is 15.0. The van der Waals surface area contributed by atoms with Gasteiger partial charge in [0.05, 0.1) is 17.6 Å². The number of anilines is 1. The molecular formula is C11H15N3. The Morgan fingerprint density at radius 3 is 2.86 bits per heavy atom. The summed E-state index contributed by atoms with van der Waals surface area (Å²) < 4.78 is 0. The first-order valence-corrected chi connectivity index (χ1v) is 4.71. The molecule has 0 fully saturated rings. The van der Waals surface area contributed by atoms with Crippen molar-refractivity contribution in [2.75, 3.05) is 11.9 Å². The van der Waals surface area contributed by atoms with Crippen LogP contribution in [0.3, 0.4) is 0 Å². The third-order valence-electron chi connectivity index (χ3n) is 2.00. The summed E-state index contributed by atoms with van der Waals surface area (Å²) >= 11 is 0. The Kier molecular flexibility index (Phi) is 3.93. The average Bonchev–Trinajstić information content (AvgIpc) is 2.18. The lowest BCUT2D eigenvalue weighted by Crippen LogP contribution is -2.05. The summed E-state index contributed by atoms with van der Waals surface area (Å²) in [6.45, 7) is 4.75. The molecule has 0 unspecified atom stereocenters. The maximum atomic E-state index is 5.15. The van der Waals surface area contributed by atoms with Crippen LogP contribution >= 0.6 is 0 Å². The molecule has 1 aromatic heterocycles. The van der Waals surface area contributed by atoms with Crippen molar-refractivity contribution in [2.45, 2.75) is 26.7 Å². The quantitative estimate of drug-likeness (QED) is 0.581. The first-order valence-electron chi connectivity index (χ1n) is 4.71. The molecule has 0 bridgehead atoms. The zero-order valence-electron chi connectivity index (χ0n) is 8.67. The third-order valence-corrected chi connectivity index (χ3v) is 2.00. The second-order valence-corrected chi connectivity index (χ2v) is 3.16. The summed E-state index contributed by atoms with van der Waals surface area (Å²) in [4.78, 5) is 8.56. The maximum absolute atomic E-state index is 5.15. The number of unbranched alkanes of at least 4 members (excludes halogenated alkanes) is 1. The second-order valence-electron chi connectivity index (χ2n) is 3.16. The lowest BCUT2D eigenvalue weighted by molar-refractivity contribution is 0.894. The largest absolute Gasteiger partial charge is 0.369 e. The van der Waals surface area contributed by atoms with Crippen molar-refractivity contribution in [2.24, 2.45) is 0 Å². The molecule has 3 heteroatoms. The predicted octanol–water partition coefficient (Wildman–Crippen LogP) is 1.92. The molecule has 1 aromatic rings. The van der Waals surface area contributed by atoms with Crippen LogP contribution in [0, 0.1) is 26.2 Å². The molecule has 0 atom stereocenters. The van der Waals surface area contributed by atoms with E-state index in [9.17, 15) is 0 Å².